The fourth-order valence-corrected chi connectivity index (χ4v) is 2.44. The zero-order chi connectivity index (χ0) is 9.31. The first-order chi connectivity index (χ1) is 6.25. The van der Waals surface area contributed by atoms with Gasteiger partial charge in [-0.15, -0.1) is 0 Å². The molecule has 0 amide bonds. The van der Waals surface area contributed by atoms with Crippen molar-refractivity contribution in [3.05, 3.63) is 0 Å². The van der Waals surface area contributed by atoms with Crippen LogP contribution in [0.3, 0.4) is 0 Å². The van der Waals surface area contributed by atoms with Gasteiger partial charge in [0, 0.05) is 6.42 Å². The van der Waals surface area contributed by atoms with Crippen molar-refractivity contribution in [1.82, 2.24) is 0 Å². The molecule has 74 valence electrons. The summed E-state index contributed by atoms with van der Waals surface area (Å²) in [6.07, 6.45) is 4.05. The first-order valence-electron chi connectivity index (χ1n) is 5.03. The largest absolute Gasteiger partial charge is 0.347 e. The predicted octanol–water partition coefficient (Wildman–Crippen LogP) is 1.51. The molecular formula is C10H16O3. The number of hydrogen-bond acceptors (Lipinski definition) is 3. The Kier molecular flexibility index (Phi) is 2.39. The van der Waals surface area contributed by atoms with Gasteiger partial charge >= 0.3 is 0 Å². The molecule has 13 heavy (non-hydrogen) atoms. The van der Waals surface area contributed by atoms with Crippen molar-refractivity contribution >= 4 is 5.78 Å². The van der Waals surface area contributed by atoms with Crippen LogP contribution >= 0.6 is 0 Å². The molecule has 2 rings (SSSR count). The summed E-state index contributed by atoms with van der Waals surface area (Å²) >= 11 is 0. The van der Waals surface area contributed by atoms with E-state index < -0.39 is 5.79 Å². The van der Waals surface area contributed by atoms with E-state index in [1.54, 1.807) is 6.92 Å². The Morgan fingerprint density at radius 1 is 1.31 bits per heavy atom. The number of ether oxygens (including phenoxy) is 2. The topological polar surface area (TPSA) is 35.5 Å². The van der Waals surface area contributed by atoms with Crippen molar-refractivity contribution in [2.75, 3.05) is 13.2 Å². The maximum atomic E-state index is 11.4. The molecule has 0 radical (unpaired) electrons. The monoisotopic (exact) mass is 184 g/mol. The zero-order valence-electron chi connectivity index (χ0n) is 8.04. The van der Waals surface area contributed by atoms with Crippen LogP contribution < -0.4 is 0 Å². The lowest BCUT2D eigenvalue weighted by atomic mass is 9.81. The van der Waals surface area contributed by atoms with Gasteiger partial charge in [0.25, 0.3) is 0 Å². The molecule has 2 aliphatic rings. The second kappa shape index (κ2) is 3.39. The zero-order valence-corrected chi connectivity index (χ0v) is 8.04. The van der Waals surface area contributed by atoms with Crippen LogP contribution in [0.2, 0.25) is 0 Å². The summed E-state index contributed by atoms with van der Waals surface area (Å²) in [6.45, 7) is 2.93. The fourth-order valence-electron chi connectivity index (χ4n) is 2.44. The van der Waals surface area contributed by atoms with Gasteiger partial charge in [-0.1, -0.05) is 6.42 Å². The van der Waals surface area contributed by atoms with Gasteiger partial charge in [-0.2, -0.15) is 0 Å². The maximum Gasteiger partial charge on any atom is 0.178 e. The van der Waals surface area contributed by atoms with Crippen LogP contribution in [0.4, 0.5) is 0 Å². The third-order valence-corrected chi connectivity index (χ3v) is 3.07. The number of rotatable bonds is 1. The lowest BCUT2D eigenvalue weighted by Crippen LogP contribution is -2.45. The van der Waals surface area contributed by atoms with Crippen molar-refractivity contribution in [3.63, 3.8) is 0 Å². The number of hydrogen-bond donors (Lipinski definition) is 0. The van der Waals surface area contributed by atoms with Crippen molar-refractivity contribution in [2.45, 2.75) is 38.4 Å². The third-order valence-electron chi connectivity index (χ3n) is 3.07. The van der Waals surface area contributed by atoms with E-state index in [1.165, 1.54) is 0 Å². The highest BCUT2D eigenvalue weighted by atomic mass is 16.7. The van der Waals surface area contributed by atoms with Gasteiger partial charge in [0.2, 0.25) is 0 Å². The summed E-state index contributed by atoms with van der Waals surface area (Å²) < 4.78 is 11.2. The summed E-state index contributed by atoms with van der Waals surface area (Å²) in [5.74, 6) is -0.352. The molecule has 1 aliphatic carbocycles. The Balaban J connectivity index is 2.16. The minimum Gasteiger partial charge on any atom is -0.347 e. The van der Waals surface area contributed by atoms with Gasteiger partial charge in [-0.05, 0) is 19.8 Å². The molecule has 0 aromatic rings. The molecule has 2 fully saturated rings. The second-order valence-electron chi connectivity index (χ2n) is 3.92. The average Bonchev–Trinajstić information content (AvgIpc) is 2.54. The maximum absolute atomic E-state index is 11.4. The predicted molar refractivity (Wildman–Crippen MR) is 47.3 cm³/mol. The molecule has 0 aromatic carbocycles. The highest BCUT2D eigenvalue weighted by molar-refractivity contribution is 5.79. The normalized spacial score (nSPS) is 32.2. The van der Waals surface area contributed by atoms with E-state index in [0.717, 1.165) is 25.7 Å². The summed E-state index contributed by atoms with van der Waals surface area (Å²) in [5.41, 5.74) is 0. The molecule has 1 aliphatic heterocycles. The third kappa shape index (κ3) is 1.51. The lowest BCUT2D eigenvalue weighted by Gasteiger charge is -2.37. The molecule has 0 bridgehead atoms. The Morgan fingerprint density at radius 3 is 2.62 bits per heavy atom. The Labute approximate surface area is 78.4 Å². The quantitative estimate of drug-likeness (QED) is 0.619. The Bertz CT molecular complexity index is 206. The molecule has 0 unspecified atom stereocenters. The molecule has 1 saturated carbocycles. The number of carbonyl (C=O) groups is 1. The standard InChI is InChI=1S/C10H16O3/c1-8(11)9-4-2-3-5-10(9)12-6-7-13-10/h9H,2-7H2,1H3/t9-/m1/s1. The van der Waals surface area contributed by atoms with Crippen molar-refractivity contribution < 1.29 is 14.3 Å². The minimum atomic E-state index is -0.538. The molecule has 1 heterocycles. The van der Waals surface area contributed by atoms with Gasteiger partial charge < -0.3 is 9.47 Å². The smallest absolute Gasteiger partial charge is 0.178 e. The highest BCUT2D eigenvalue weighted by Crippen LogP contribution is 2.40. The minimum absolute atomic E-state index is 0.0243. The van der Waals surface area contributed by atoms with Crippen LogP contribution in [0, 0.1) is 5.92 Å². The van der Waals surface area contributed by atoms with Crippen molar-refractivity contribution in [3.8, 4) is 0 Å². The molecule has 3 heteroatoms. The number of Topliss-reactive ketones (excluding diaryl/α,β-unsaturated/α-hetero) is 1. The van der Waals surface area contributed by atoms with Crippen LogP contribution in [-0.4, -0.2) is 24.8 Å². The van der Waals surface area contributed by atoms with E-state index >= 15 is 0 Å². The van der Waals surface area contributed by atoms with Gasteiger partial charge in [0.1, 0.15) is 5.78 Å². The average molecular weight is 184 g/mol. The Morgan fingerprint density at radius 2 is 2.00 bits per heavy atom. The van der Waals surface area contributed by atoms with Crippen LogP contribution in [0.1, 0.15) is 32.6 Å². The summed E-state index contributed by atoms with van der Waals surface area (Å²) in [6, 6.07) is 0. The van der Waals surface area contributed by atoms with E-state index in [-0.39, 0.29) is 11.7 Å². The van der Waals surface area contributed by atoms with Gasteiger partial charge in [-0.3, -0.25) is 4.79 Å². The molecule has 1 saturated heterocycles. The Hall–Kier alpha value is -0.410. The highest BCUT2D eigenvalue weighted by Gasteiger charge is 2.47. The summed E-state index contributed by atoms with van der Waals surface area (Å²) in [5, 5.41) is 0. The molecule has 3 nitrogen and oxygen atoms in total. The summed E-state index contributed by atoms with van der Waals surface area (Å²) in [4.78, 5) is 11.4. The van der Waals surface area contributed by atoms with E-state index in [0.29, 0.717) is 13.2 Å². The summed E-state index contributed by atoms with van der Waals surface area (Å²) in [7, 11) is 0. The number of ketones is 1. The molecule has 0 aromatic heterocycles. The van der Waals surface area contributed by atoms with Crippen LogP contribution in [0.15, 0.2) is 0 Å². The second-order valence-corrected chi connectivity index (χ2v) is 3.92. The number of carbonyl (C=O) groups excluding carboxylic acids is 1. The van der Waals surface area contributed by atoms with Crippen molar-refractivity contribution in [2.24, 2.45) is 5.92 Å². The molecule has 1 spiro atoms. The van der Waals surface area contributed by atoms with E-state index in [4.69, 9.17) is 9.47 Å². The van der Waals surface area contributed by atoms with Crippen molar-refractivity contribution in [1.29, 1.82) is 0 Å². The first kappa shape index (κ1) is 9.16. The fraction of sp³-hybridized carbons (Fsp3) is 0.900. The van der Waals surface area contributed by atoms with E-state index in [2.05, 4.69) is 0 Å². The van der Waals surface area contributed by atoms with Gasteiger partial charge in [-0.25, -0.2) is 0 Å². The van der Waals surface area contributed by atoms with Crippen LogP contribution in [-0.2, 0) is 14.3 Å². The van der Waals surface area contributed by atoms with Crippen LogP contribution in [0.25, 0.3) is 0 Å². The lowest BCUT2D eigenvalue weighted by molar-refractivity contribution is -0.210. The van der Waals surface area contributed by atoms with E-state index in [9.17, 15) is 4.79 Å². The van der Waals surface area contributed by atoms with Gasteiger partial charge in [0.05, 0.1) is 19.1 Å². The first-order valence-corrected chi connectivity index (χ1v) is 5.03. The van der Waals surface area contributed by atoms with E-state index in [1.807, 2.05) is 0 Å². The van der Waals surface area contributed by atoms with Crippen LogP contribution in [0.5, 0.6) is 0 Å². The molecule has 1 atom stereocenters. The molecular weight excluding hydrogens is 168 g/mol. The molecule has 0 N–H and O–H groups in total. The SMILES string of the molecule is CC(=O)[C@H]1CCCCC12OCCO2. The van der Waals surface area contributed by atoms with Gasteiger partial charge in [0.15, 0.2) is 5.79 Å².